The third kappa shape index (κ3) is 5.54. The Hall–Kier alpha value is -3.33. The van der Waals surface area contributed by atoms with Crippen molar-refractivity contribution < 1.29 is 4.79 Å². The van der Waals surface area contributed by atoms with E-state index in [4.69, 9.17) is 0 Å². The molecule has 0 fully saturated rings. The molecule has 3 aromatic rings. The standard InChI is InChI=1S/C30H34N2O/c1-3-5-10-23-14-18-26(19-15-23)31-28-22-29(25-12-8-7-9-13-25)32(30(28)33)27-20-16-24(17-21-27)11-6-4-2/h7-9,12-22,29,31H,3-6,10-11H2,1-2H3. The second-order valence-electron chi connectivity index (χ2n) is 8.81. The second-order valence-corrected chi connectivity index (χ2v) is 8.81. The van der Waals surface area contributed by atoms with E-state index in [1.807, 2.05) is 29.2 Å². The van der Waals surface area contributed by atoms with Crippen LogP contribution in [-0.4, -0.2) is 5.91 Å². The lowest BCUT2D eigenvalue weighted by Gasteiger charge is -2.25. The molecule has 3 aromatic carbocycles. The third-order valence-electron chi connectivity index (χ3n) is 6.28. The highest BCUT2D eigenvalue weighted by Gasteiger charge is 2.34. The van der Waals surface area contributed by atoms with E-state index in [-0.39, 0.29) is 11.9 Å². The average molecular weight is 439 g/mol. The van der Waals surface area contributed by atoms with Crippen molar-refractivity contribution in [2.45, 2.75) is 58.4 Å². The minimum absolute atomic E-state index is 0.000204. The molecular weight excluding hydrogens is 404 g/mol. The molecule has 1 N–H and O–H groups in total. The Bertz CT molecular complexity index is 1070. The van der Waals surface area contributed by atoms with E-state index in [0.717, 1.165) is 29.8 Å². The van der Waals surface area contributed by atoms with Crippen molar-refractivity contribution in [1.82, 2.24) is 0 Å². The Kier molecular flexibility index (Phi) is 7.62. The molecule has 4 rings (SSSR count). The van der Waals surface area contributed by atoms with Crippen LogP contribution in [0.4, 0.5) is 11.4 Å². The summed E-state index contributed by atoms with van der Waals surface area (Å²) in [4.78, 5) is 15.5. The topological polar surface area (TPSA) is 32.3 Å². The van der Waals surface area contributed by atoms with Crippen LogP contribution in [0, 0.1) is 0 Å². The number of benzene rings is 3. The Morgan fingerprint density at radius 3 is 1.91 bits per heavy atom. The molecule has 1 atom stereocenters. The van der Waals surface area contributed by atoms with Crippen LogP contribution in [0.5, 0.6) is 0 Å². The van der Waals surface area contributed by atoms with Gasteiger partial charge in [-0.2, -0.15) is 0 Å². The first kappa shape index (κ1) is 22.8. The Morgan fingerprint density at radius 1 is 0.758 bits per heavy atom. The van der Waals surface area contributed by atoms with Gasteiger partial charge in [0.15, 0.2) is 0 Å². The monoisotopic (exact) mass is 438 g/mol. The maximum atomic E-state index is 13.6. The molecule has 33 heavy (non-hydrogen) atoms. The van der Waals surface area contributed by atoms with Crippen molar-refractivity contribution in [2.24, 2.45) is 0 Å². The molecule has 0 aliphatic carbocycles. The number of hydrogen-bond acceptors (Lipinski definition) is 2. The molecule has 1 aliphatic rings. The van der Waals surface area contributed by atoms with E-state index in [0.29, 0.717) is 5.70 Å². The summed E-state index contributed by atoms with van der Waals surface area (Å²) < 4.78 is 0. The Morgan fingerprint density at radius 2 is 1.33 bits per heavy atom. The minimum Gasteiger partial charge on any atom is -0.351 e. The number of rotatable bonds is 10. The molecule has 3 nitrogen and oxygen atoms in total. The largest absolute Gasteiger partial charge is 0.351 e. The van der Waals surface area contributed by atoms with Crippen LogP contribution in [-0.2, 0) is 17.6 Å². The zero-order chi connectivity index (χ0) is 23.0. The number of carbonyl (C=O) groups is 1. The van der Waals surface area contributed by atoms with Crippen molar-refractivity contribution >= 4 is 17.3 Å². The summed E-state index contributed by atoms with van der Waals surface area (Å²) in [5.74, 6) is 0.000204. The molecule has 3 heteroatoms. The van der Waals surface area contributed by atoms with Crippen molar-refractivity contribution in [2.75, 3.05) is 10.2 Å². The van der Waals surface area contributed by atoms with E-state index >= 15 is 0 Å². The van der Waals surface area contributed by atoms with Gasteiger partial charge in [-0.25, -0.2) is 0 Å². The zero-order valence-electron chi connectivity index (χ0n) is 19.8. The predicted octanol–water partition coefficient (Wildman–Crippen LogP) is 7.46. The fourth-order valence-corrected chi connectivity index (χ4v) is 4.32. The van der Waals surface area contributed by atoms with Gasteiger partial charge < -0.3 is 5.32 Å². The van der Waals surface area contributed by atoms with Gasteiger partial charge in [-0.15, -0.1) is 0 Å². The first-order valence-electron chi connectivity index (χ1n) is 12.2. The molecule has 0 bridgehead atoms. The molecule has 0 aromatic heterocycles. The molecule has 0 radical (unpaired) electrons. The lowest BCUT2D eigenvalue weighted by Crippen LogP contribution is -2.30. The highest BCUT2D eigenvalue weighted by Crippen LogP contribution is 2.36. The molecular formula is C30H34N2O. The van der Waals surface area contributed by atoms with Gasteiger partial charge in [0.05, 0.1) is 6.04 Å². The zero-order valence-corrected chi connectivity index (χ0v) is 19.8. The lowest BCUT2D eigenvalue weighted by molar-refractivity contribution is -0.114. The van der Waals surface area contributed by atoms with E-state index in [1.165, 1.54) is 36.8 Å². The molecule has 1 amide bonds. The van der Waals surface area contributed by atoms with Crippen molar-refractivity contribution in [3.05, 3.63) is 107 Å². The number of nitrogens with one attached hydrogen (secondary N) is 1. The van der Waals surface area contributed by atoms with Gasteiger partial charge >= 0.3 is 0 Å². The van der Waals surface area contributed by atoms with E-state index in [1.54, 1.807) is 0 Å². The molecule has 0 spiro atoms. The third-order valence-corrected chi connectivity index (χ3v) is 6.28. The quantitative estimate of drug-likeness (QED) is 0.356. The molecule has 0 saturated heterocycles. The van der Waals surface area contributed by atoms with Crippen LogP contribution in [0.2, 0.25) is 0 Å². The molecule has 1 heterocycles. The van der Waals surface area contributed by atoms with Crippen LogP contribution < -0.4 is 10.2 Å². The summed E-state index contributed by atoms with van der Waals surface area (Å²) in [6, 6.07) is 27.0. The number of hydrogen-bond donors (Lipinski definition) is 1. The van der Waals surface area contributed by atoms with Gasteiger partial charge in [-0.3, -0.25) is 9.69 Å². The van der Waals surface area contributed by atoms with Crippen LogP contribution in [0.25, 0.3) is 0 Å². The number of aryl methyl sites for hydroxylation is 2. The maximum absolute atomic E-state index is 13.6. The summed E-state index contributed by atoms with van der Waals surface area (Å²) in [6.07, 6.45) is 8.97. The van der Waals surface area contributed by atoms with Gasteiger partial charge in [0.2, 0.25) is 0 Å². The van der Waals surface area contributed by atoms with Crippen molar-refractivity contribution in [3.8, 4) is 0 Å². The summed E-state index contributed by atoms with van der Waals surface area (Å²) in [7, 11) is 0. The lowest BCUT2D eigenvalue weighted by atomic mass is 10.0. The Labute approximate surface area is 198 Å². The van der Waals surface area contributed by atoms with Gasteiger partial charge in [0, 0.05) is 11.4 Å². The Balaban J connectivity index is 1.58. The smallest absolute Gasteiger partial charge is 0.275 e. The molecule has 1 aliphatic heterocycles. The predicted molar refractivity (Wildman–Crippen MR) is 138 cm³/mol. The van der Waals surface area contributed by atoms with Crippen LogP contribution >= 0.6 is 0 Å². The van der Waals surface area contributed by atoms with Crippen molar-refractivity contribution in [3.63, 3.8) is 0 Å². The summed E-state index contributed by atoms with van der Waals surface area (Å²) in [5.41, 5.74) is 6.25. The SMILES string of the molecule is CCCCc1ccc(NC2=CC(c3ccccc3)N(c3ccc(CCCC)cc3)C2=O)cc1. The first-order chi connectivity index (χ1) is 16.2. The minimum atomic E-state index is -0.133. The summed E-state index contributed by atoms with van der Waals surface area (Å²) in [5, 5.41) is 3.38. The molecule has 1 unspecified atom stereocenters. The second kappa shape index (κ2) is 11.0. The van der Waals surface area contributed by atoms with Gasteiger partial charge in [-0.05, 0) is 72.7 Å². The first-order valence-corrected chi connectivity index (χ1v) is 12.2. The van der Waals surface area contributed by atoms with Crippen LogP contribution in [0.1, 0.15) is 62.3 Å². The highest BCUT2D eigenvalue weighted by atomic mass is 16.2. The van der Waals surface area contributed by atoms with Crippen LogP contribution in [0.15, 0.2) is 90.6 Å². The molecule has 170 valence electrons. The number of amides is 1. The number of unbranched alkanes of at least 4 members (excludes halogenated alkanes) is 2. The van der Waals surface area contributed by atoms with E-state index in [9.17, 15) is 4.79 Å². The van der Waals surface area contributed by atoms with Gasteiger partial charge in [-0.1, -0.05) is 81.3 Å². The van der Waals surface area contributed by atoms with Crippen LogP contribution in [0.3, 0.4) is 0 Å². The normalized spacial score (nSPS) is 15.6. The van der Waals surface area contributed by atoms with E-state index in [2.05, 4.69) is 79.8 Å². The maximum Gasteiger partial charge on any atom is 0.275 e. The highest BCUT2D eigenvalue weighted by molar-refractivity contribution is 6.11. The number of anilines is 2. The number of nitrogens with zero attached hydrogens (tertiary/aromatic N) is 1. The fourth-order valence-electron chi connectivity index (χ4n) is 4.32. The number of carbonyl (C=O) groups excluding carboxylic acids is 1. The summed E-state index contributed by atoms with van der Waals surface area (Å²) >= 11 is 0. The van der Waals surface area contributed by atoms with Gasteiger partial charge in [0.1, 0.15) is 5.70 Å². The van der Waals surface area contributed by atoms with Crippen molar-refractivity contribution in [1.29, 1.82) is 0 Å². The fraction of sp³-hybridized carbons (Fsp3) is 0.300. The van der Waals surface area contributed by atoms with E-state index < -0.39 is 0 Å². The average Bonchev–Trinajstić information content (AvgIpc) is 3.19. The summed E-state index contributed by atoms with van der Waals surface area (Å²) in [6.45, 7) is 4.42. The van der Waals surface area contributed by atoms with Gasteiger partial charge in [0.25, 0.3) is 5.91 Å². The molecule has 0 saturated carbocycles.